The number of fused-ring (bicyclic) bond motifs is 3. The van der Waals surface area contributed by atoms with Gasteiger partial charge in [0.25, 0.3) is 5.56 Å². The lowest BCUT2D eigenvalue weighted by molar-refractivity contribution is 0.478. The van der Waals surface area contributed by atoms with E-state index in [4.69, 9.17) is 5.73 Å². The van der Waals surface area contributed by atoms with E-state index >= 15 is 0 Å². The van der Waals surface area contributed by atoms with Crippen LogP contribution < -0.4 is 11.3 Å². The molecule has 0 fully saturated rings. The van der Waals surface area contributed by atoms with Crippen molar-refractivity contribution in [3.05, 3.63) is 63.8 Å². The van der Waals surface area contributed by atoms with E-state index in [2.05, 4.69) is 4.98 Å². The van der Waals surface area contributed by atoms with Crippen LogP contribution in [0.15, 0.2) is 52.6 Å². The quantitative estimate of drug-likeness (QED) is 0.528. The molecule has 2 heterocycles. The number of benzene rings is 2. The maximum absolute atomic E-state index is 12.1. The largest absolute Gasteiger partial charge is 0.507 e. The second-order valence-corrected chi connectivity index (χ2v) is 6.32. The second kappa shape index (κ2) is 5.22. The third-order valence-corrected chi connectivity index (χ3v) is 4.96. The molecule has 0 saturated heterocycles. The molecule has 0 unspecified atom stereocenters. The Labute approximate surface area is 135 Å². The standard InChI is InChI=1S/C18H14N2O2S/c19-9-10-1-3-11(4-2-10)15-14(21)6-5-13-16(15)12-7-8-23-17(12)18(22)20-13/h1-8,21H,9,19H2,(H,20,22). The fourth-order valence-corrected chi connectivity index (χ4v) is 3.73. The molecule has 0 spiro atoms. The van der Waals surface area contributed by atoms with Gasteiger partial charge >= 0.3 is 0 Å². The van der Waals surface area contributed by atoms with Crippen molar-refractivity contribution in [3.63, 3.8) is 0 Å². The fraction of sp³-hybridized carbons (Fsp3) is 0.0556. The number of phenols is 1. The van der Waals surface area contributed by atoms with Gasteiger partial charge in [0.05, 0.1) is 0 Å². The number of hydrogen-bond acceptors (Lipinski definition) is 4. The Morgan fingerprint density at radius 1 is 1.09 bits per heavy atom. The molecule has 4 nitrogen and oxygen atoms in total. The Kier molecular flexibility index (Phi) is 3.18. The molecule has 0 atom stereocenters. The van der Waals surface area contributed by atoms with Gasteiger partial charge in [-0.1, -0.05) is 24.3 Å². The molecule has 0 bridgehead atoms. The Morgan fingerprint density at radius 2 is 1.87 bits per heavy atom. The van der Waals surface area contributed by atoms with E-state index in [0.717, 1.165) is 33.0 Å². The minimum Gasteiger partial charge on any atom is -0.507 e. The Balaban J connectivity index is 2.14. The van der Waals surface area contributed by atoms with Crippen molar-refractivity contribution in [1.29, 1.82) is 0 Å². The summed E-state index contributed by atoms with van der Waals surface area (Å²) in [5, 5.41) is 14.1. The summed E-state index contributed by atoms with van der Waals surface area (Å²) in [5.41, 5.74) is 8.92. The molecular weight excluding hydrogens is 308 g/mol. The molecular formula is C18H14N2O2S. The van der Waals surface area contributed by atoms with Crippen LogP contribution in [-0.2, 0) is 6.54 Å². The van der Waals surface area contributed by atoms with Gasteiger partial charge in [0.15, 0.2) is 0 Å². The molecule has 0 aliphatic rings. The maximum atomic E-state index is 12.1. The van der Waals surface area contributed by atoms with E-state index in [9.17, 15) is 9.90 Å². The van der Waals surface area contributed by atoms with Crippen LogP contribution in [-0.4, -0.2) is 10.1 Å². The smallest absolute Gasteiger partial charge is 0.266 e. The van der Waals surface area contributed by atoms with Crippen LogP contribution in [0.1, 0.15) is 5.56 Å². The highest BCUT2D eigenvalue weighted by atomic mass is 32.1. The summed E-state index contributed by atoms with van der Waals surface area (Å²) in [6, 6.07) is 13.1. The lowest BCUT2D eigenvalue weighted by Gasteiger charge is -2.11. The van der Waals surface area contributed by atoms with E-state index in [1.54, 1.807) is 12.1 Å². The van der Waals surface area contributed by atoms with Gasteiger partial charge in [-0.2, -0.15) is 0 Å². The van der Waals surface area contributed by atoms with Gasteiger partial charge in [0.2, 0.25) is 0 Å². The molecule has 4 rings (SSSR count). The van der Waals surface area contributed by atoms with E-state index in [1.165, 1.54) is 11.3 Å². The van der Waals surface area contributed by atoms with Crippen LogP contribution in [0.5, 0.6) is 5.75 Å². The molecule has 0 aliphatic carbocycles. The highest BCUT2D eigenvalue weighted by Crippen LogP contribution is 2.39. The van der Waals surface area contributed by atoms with E-state index in [0.29, 0.717) is 11.2 Å². The van der Waals surface area contributed by atoms with Gasteiger partial charge in [0, 0.05) is 28.4 Å². The lowest BCUT2D eigenvalue weighted by atomic mass is 9.96. The molecule has 2 aromatic heterocycles. The predicted molar refractivity (Wildman–Crippen MR) is 94.9 cm³/mol. The molecule has 0 amide bonds. The van der Waals surface area contributed by atoms with Crippen molar-refractivity contribution in [1.82, 2.24) is 4.98 Å². The fourth-order valence-electron chi connectivity index (χ4n) is 2.94. The Hall–Kier alpha value is -2.63. The van der Waals surface area contributed by atoms with Crippen LogP contribution in [0.25, 0.3) is 32.1 Å². The minimum atomic E-state index is -0.0994. The number of rotatable bonds is 2. The van der Waals surface area contributed by atoms with Crippen LogP contribution in [0.3, 0.4) is 0 Å². The summed E-state index contributed by atoms with van der Waals surface area (Å²) in [7, 11) is 0. The second-order valence-electron chi connectivity index (χ2n) is 5.40. The Bertz CT molecular complexity index is 1080. The molecule has 114 valence electrons. The van der Waals surface area contributed by atoms with Crippen molar-refractivity contribution in [3.8, 4) is 16.9 Å². The summed E-state index contributed by atoms with van der Waals surface area (Å²) in [6.45, 7) is 0.476. The van der Waals surface area contributed by atoms with Gasteiger partial charge in [-0.3, -0.25) is 4.79 Å². The molecule has 0 radical (unpaired) electrons. The average Bonchev–Trinajstić information content (AvgIpc) is 3.06. The van der Waals surface area contributed by atoms with E-state index in [-0.39, 0.29) is 11.3 Å². The first-order valence-electron chi connectivity index (χ1n) is 7.23. The summed E-state index contributed by atoms with van der Waals surface area (Å²) in [4.78, 5) is 15.1. The number of nitrogens with one attached hydrogen (secondary N) is 1. The molecule has 2 aromatic carbocycles. The van der Waals surface area contributed by atoms with Crippen molar-refractivity contribution < 1.29 is 5.11 Å². The molecule has 4 N–H and O–H groups in total. The topological polar surface area (TPSA) is 79.1 Å². The van der Waals surface area contributed by atoms with Crippen LogP contribution in [0, 0.1) is 0 Å². The van der Waals surface area contributed by atoms with Crippen molar-refractivity contribution in [2.45, 2.75) is 6.54 Å². The zero-order valence-electron chi connectivity index (χ0n) is 12.2. The number of pyridine rings is 1. The molecule has 4 aromatic rings. The van der Waals surface area contributed by atoms with Crippen LogP contribution in [0.2, 0.25) is 0 Å². The number of hydrogen-bond donors (Lipinski definition) is 3. The number of nitrogens with two attached hydrogens (primary N) is 1. The first-order valence-corrected chi connectivity index (χ1v) is 8.11. The number of aromatic amines is 1. The highest BCUT2D eigenvalue weighted by Gasteiger charge is 2.15. The third kappa shape index (κ3) is 2.13. The zero-order chi connectivity index (χ0) is 16.0. The number of aromatic nitrogens is 1. The van der Waals surface area contributed by atoms with Gasteiger partial charge < -0.3 is 15.8 Å². The molecule has 0 saturated carbocycles. The van der Waals surface area contributed by atoms with E-state index in [1.807, 2.05) is 35.7 Å². The van der Waals surface area contributed by atoms with Gasteiger partial charge in [-0.05, 0) is 34.7 Å². The molecule has 5 heteroatoms. The van der Waals surface area contributed by atoms with Crippen LogP contribution >= 0.6 is 11.3 Å². The monoisotopic (exact) mass is 322 g/mol. The summed E-state index contributed by atoms with van der Waals surface area (Å²) >= 11 is 1.40. The normalized spacial score (nSPS) is 11.3. The summed E-state index contributed by atoms with van der Waals surface area (Å²) in [6.07, 6.45) is 0. The van der Waals surface area contributed by atoms with Gasteiger partial charge in [-0.25, -0.2) is 0 Å². The van der Waals surface area contributed by atoms with Crippen molar-refractivity contribution in [2.75, 3.05) is 0 Å². The third-order valence-electron chi connectivity index (χ3n) is 4.05. The molecule has 23 heavy (non-hydrogen) atoms. The first kappa shape index (κ1) is 14.0. The average molecular weight is 322 g/mol. The number of phenolic OH excluding ortho intramolecular Hbond substituents is 1. The first-order chi connectivity index (χ1) is 11.2. The highest BCUT2D eigenvalue weighted by molar-refractivity contribution is 7.17. The predicted octanol–water partition coefficient (Wildman–Crippen LogP) is 3.57. The van der Waals surface area contributed by atoms with Crippen LogP contribution in [0.4, 0.5) is 0 Å². The number of H-pyrrole nitrogens is 1. The number of aromatic hydroxyl groups is 1. The zero-order valence-corrected chi connectivity index (χ0v) is 13.0. The summed E-state index contributed by atoms with van der Waals surface area (Å²) in [5.74, 6) is 0.192. The van der Waals surface area contributed by atoms with Gasteiger partial charge in [0.1, 0.15) is 10.4 Å². The Morgan fingerprint density at radius 3 is 2.61 bits per heavy atom. The van der Waals surface area contributed by atoms with Crippen molar-refractivity contribution in [2.24, 2.45) is 5.73 Å². The lowest BCUT2D eigenvalue weighted by Crippen LogP contribution is -2.04. The maximum Gasteiger partial charge on any atom is 0.266 e. The minimum absolute atomic E-state index is 0.0994. The number of thiophene rings is 1. The van der Waals surface area contributed by atoms with Crippen molar-refractivity contribution >= 4 is 32.3 Å². The summed E-state index contributed by atoms with van der Waals surface area (Å²) < 4.78 is 0.669. The van der Waals surface area contributed by atoms with Gasteiger partial charge in [-0.15, -0.1) is 11.3 Å². The SMILES string of the molecule is NCc1ccc(-c2c(O)ccc3[nH]c(=O)c4sccc4c23)cc1. The molecule has 0 aliphatic heterocycles. The van der Waals surface area contributed by atoms with E-state index < -0.39 is 0 Å².